The Hall–Kier alpha value is -1.11. The summed E-state index contributed by atoms with van der Waals surface area (Å²) in [5.74, 6) is -0.568. The Morgan fingerprint density at radius 1 is 1.37 bits per heavy atom. The molecule has 0 atom stereocenters. The van der Waals surface area contributed by atoms with Crippen LogP contribution in [0, 0.1) is 6.92 Å². The normalized spacial score (nSPS) is 11.6. The van der Waals surface area contributed by atoms with Crippen molar-refractivity contribution in [3.05, 3.63) is 28.8 Å². The third kappa shape index (κ3) is 4.49. The SMILES string of the molecule is Cc1c(Cl)cccc1NC(=O)CCS(=O)(=O)N(C)C. The van der Waals surface area contributed by atoms with E-state index in [9.17, 15) is 13.2 Å². The molecule has 1 aromatic rings. The van der Waals surface area contributed by atoms with Crippen LogP contribution in [-0.2, 0) is 14.8 Å². The Balaban J connectivity index is 2.64. The van der Waals surface area contributed by atoms with Gasteiger partial charge < -0.3 is 5.32 Å². The first kappa shape index (κ1) is 15.9. The number of anilines is 1. The monoisotopic (exact) mass is 304 g/mol. The zero-order chi connectivity index (χ0) is 14.6. The van der Waals surface area contributed by atoms with E-state index in [0.29, 0.717) is 10.7 Å². The van der Waals surface area contributed by atoms with Crippen LogP contribution >= 0.6 is 11.6 Å². The minimum atomic E-state index is -3.36. The van der Waals surface area contributed by atoms with Crippen molar-refractivity contribution in [3.63, 3.8) is 0 Å². The highest BCUT2D eigenvalue weighted by Gasteiger charge is 2.16. The number of rotatable bonds is 5. The molecule has 0 saturated carbocycles. The number of benzene rings is 1. The summed E-state index contributed by atoms with van der Waals surface area (Å²) in [6.45, 7) is 1.79. The van der Waals surface area contributed by atoms with Gasteiger partial charge in [-0.25, -0.2) is 12.7 Å². The second kappa shape index (κ2) is 6.36. The Morgan fingerprint density at radius 2 is 2.00 bits per heavy atom. The molecule has 0 unspecified atom stereocenters. The number of halogens is 1. The second-order valence-corrected chi connectivity index (χ2v) is 7.02. The van der Waals surface area contributed by atoms with Crippen LogP contribution in [0.5, 0.6) is 0 Å². The molecular formula is C12H17ClN2O3S. The molecule has 0 saturated heterocycles. The Labute approximate surface area is 118 Å². The first-order valence-corrected chi connectivity index (χ1v) is 7.68. The van der Waals surface area contributed by atoms with Crippen molar-refractivity contribution in [2.24, 2.45) is 0 Å². The number of nitrogens with zero attached hydrogens (tertiary/aromatic N) is 1. The second-order valence-electron chi connectivity index (χ2n) is 4.31. The smallest absolute Gasteiger partial charge is 0.225 e. The minimum Gasteiger partial charge on any atom is -0.326 e. The van der Waals surface area contributed by atoms with Crippen molar-refractivity contribution in [3.8, 4) is 0 Å². The number of hydrogen-bond acceptors (Lipinski definition) is 3. The minimum absolute atomic E-state index is 0.0908. The molecular weight excluding hydrogens is 288 g/mol. The topological polar surface area (TPSA) is 66.5 Å². The largest absolute Gasteiger partial charge is 0.326 e. The van der Waals surface area contributed by atoms with E-state index in [-0.39, 0.29) is 18.1 Å². The Kier molecular flexibility index (Phi) is 5.34. The van der Waals surface area contributed by atoms with E-state index in [1.807, 2.05) is 0 Å². The zero-order valence-corrected chi connectivity index (χ0v) is 12.7. The van der Waals surface area contributed by atoms with Crippen LogP contribution in [0.15, 0.2) is 18.2 Å². The van der Waals surface area contributed by atoms with Gasteiger partial charge in [-0.05, 0) is 24.6 Å². The summed E-state index contributed by atoms with van der Waals surface area (Å²) in [4.78, 5) is 11.7. The van der Waals surface area contributed by atoms with Gasteiger partial charge in [-0.3, -0.25) is 4.79 Å². The van der Waals surface area contributed by atoms with E-state index in [0.717, 1.165) is 9.87 Å². The summed E-state index contributed by atoms with van der Waals surface area (Å²) in [7, 11) is -0.480. The number of carbonyl (C=O) groups excluding carboxylic acids is 1. The van der Waals surface area contributed by atoms with Crippen LogP contribution in [0.1, 0.15) is 12.0 Å². The lowest BCUT2D eigenvalue weighted by atomic mass is 10.2. The molecule has 1 amide bonds. The molecule has 0 fully saturated rings. The average Bonchev–Trinajstić information content (AvgIpc) is 2.32. The van der Waals surface area contributed by atoms with Crippen LogP contribution in [0.3, 0.4) is 0 Å². The van der Waals surface area contributed by atoms with E-state index >= 15 is 0 Å². The lowest BCUT2D eigenvalue weighted by Gasteiger charge is -2.12. The van der Waals surface area contributed by atoms with Crippen LogP contribution in [0.25, 0.3) is 0 Å². The van der Waals surface area contributed by atoms with Crippen LogP contribution < -0.4 is 5.32 Å². The fraction of sp³-hybridized carbons (Fsp3) is 0.417. The number of hydrogen-bond donors (Lipinski definition) is 1. The third-order valence-corrected chi connectivity index (χ3v) is 4.93. The molecule has 106 valence electrons. The van der Waals surface area contributed by atoms with E-state index in [1.54, 1.807) is 25.1 Å². The van der Waals surface area contributed by atoms with E-state index in [1.165, 1.54) is 14.1 Å². The molecule has 7 heteroatoms. The molecule has 1 aromatic carbocycles. The highest BCUT2D eigenvalue weighted by molar-refractivity contribution is 7.89. The molecule has 0 aliphatic carbocycles. The highest BCUT2D eigenvalue weighted by Crippen LogP contribution is 2.22. The summed E-state index contributed by atoms with van der Waals surface area (Å²) in [5.41, 5.74) is 1.35. The Morgan fingerprint density at radius 3 is 2.58 bits per heavy atom. The van der Waals surface area contributed by atoms with Crippen molar-refractivity contribution in [2.75, 3.05) is 25.2 Å². The van der Waals surface area contributed by atoms with Crippen LogP contribution in [0.4, 0.5) is 5.69 Å². The van der Waals surface area contributed by atoms with Crippen LogP contribution in [-0.4, -0.2) is 38.5 Å². The number of sulfonamides is 1. The number of carbonyl (C=O) groups is 1. The third-order valence-electron chi connectivity index (χ3n) is 2.69. The fourth-order valence-corrected chi connectivity index (χ4v) is 2.34. The predicted octanol–water partition coefficient (Wildman–Crippen LogP) is 1.87. The molecule has 0 radical (unpaired) electrons. The first-order valence-electron chi connectivity index (χ1n) is 5.69. The van der Waals surface area contributed by atoms with Crippen molar-refractivity contribution in [2.45, 2.75) is 13.3 Å². The molecule has 1 rings (SSSR count). The molecule has 1 N–H and O–H groups in total. The van der Waals surface area contributed by atoms with Gasteiger partial charge in [0.05, 0.1) is 5.75 Å². The summed E-state index contributed by atoms with van der Waals surface area (Å²) >= 11 is 5.93. The van der Waals surface area contributed by atoms with Crippen molar-refractivity contribution in [1.82, 2.24) is 4.31 Å². The van der Waals surface area contributed by atoms with Gasteiger partial charge in [0, 0.05) is 31.2 Å². The van der Waals surface area contributed by atoms with Gasteiger partial charge in [-0.2, -0.15) is 0 Å². The molecule has 19 heavy (non-hydrogen) atoms. The van der Waals surface area contributed by atoms with Gasteiger partial charge in [0.25, 0.3) is 0 Å². The number of nitrogens with one attached hydrogen (secondary N) is 1. The lowest BCUT2D eigenvalue weighted by molar-refractivity contribution is -0.115. The molecule has 5 nitrogen and oxygen atoms in total. The Bertz CT molecular complexity index is 570. The van der Waals surface area contributed by atoms with Gasteiger partial charge in [0.2, 0.25) is 15.9 Å². The summed E-state index contributed by atoms with van der Waals surface area (Å²) in [6, 6.07) is 5.17. The lowest BCUT2D eigenvalue weighted by Crippen LogP contribution is -2.27. The van der Waals surface area contributed by atoms with E-state index in [4.69, 9.17) is 11.6 Å². The summed E-state index contributed by atoms with van der Waals surface area (Å²) in [6.07, 6.45) is -0.0908. The highest BCUT2D eigenvalue weighted by atomic mass is 35.5. The van der Waals surface area contributed by atoms with Gasteiger partial charge >= 0.3 is 0 Å². The average molecular weight is 305 g/mol. The fourth-order valence-electron chi connectivity index (χ4n) is 1.36. The maximum absolute atomic E-state index is 11.7. The van der Waals surface area contributed by atoms with E-state index in [2.05, 4.69) is 5.32 Å². The quantitative estimate of drug-likeness (QED) is 0.903. The molecule has 0 aliphatic rings. The molecule has 0 heterocycles. The van der Waals surface area contributed by atoms with Gasteiger partial charge in [-0.1, -0.05) is 17.7 Å². The van der Waals surface area contributed by atoms with Crippen LogP contribution in [0.2, 0.25) is 5.02 Å². The van der Waals surface area contributed by atoms with Gasteiger partial charge in [-0.15, -0.1) is 0 Å². The molecule has 0 bridgehead atoms. The standard InChI is InChI=1S/C12H17ClN2O3S/c1-9-10(13)5-4-6-11(9)14-12(16)7-8-19(17,18)15(2)3/h4-6H,7-8H2,1-3H3,(H,14,16). The summed E-state index contributed by atoms with van der Waals surface area (Å²) < 4.78 is 24.2. The molecule has 0 spiro atoms. The van der Waals surface area contributed by atoms with Gasteiger partial charge in [0.15, 0.2) is 0 Å². The first-order chi connectivity index (χ1) is 8.74. The maximum atomic E-state index is 11.7. The summed E-state index contributed by atoms with van der Waals surface area (Å²) in [5, 5.41) is 3.21. The number of amides is 1. The van der Waals surface area contributed by atoms with E-state index < -0.39 is 10.0 Å². The van der Waals surface area contributed by atoms with Crippen molar-refractivity contribution < 1.29 is 13.2 Å². The predicted molar refractivity (Wildman–Crippen MR) is 76.9 cm³/mol. The maximum Gasteiger partial charge on any atom is 0.225 e. The van der Waals surface area contributed by atoms with Crippen molar-refractivity contribution >= 4 is 33.2 Å². The van der Waals surface area contributed by atoms with Crippen molar-refractivity contribution in [1.29, 1.82) is 0 Å². The molecule has 0 aliphatic heterocycles. The zero-order valence-electron chi connectivity index (χ0n) is 11.1. The molecule has 0 aromatic heterocycles. The van der Waals surface area contributed by atoms with Gasteiger partial charge in [0.1, 0.15) is 0 Å².